The molecule has 1 aliphatic heterocycles. The molecule has 1 saturated heterocycles. The number of benzene rings is 2. The third-order valence-electron chi connectivity index (χ3n) is 5.60. The van der Waals surface area contributed by atoms with Crippen LogP contribution in [0.2, 0.25) is 0 Å². The molecule has 0 bridgehead atoms. The summed E-state index contributed by atoms with van der Waals surface area (Å²) in [5, 5.41) is 7.00. The second kappa shape index (κ2) is 13.2. The van der Waals surface area contributed by atoms with Crippen molar-refractivity contribution >= 4 is 35.6 Å². The minimum absolute atomic E-state index is 0. The van der Waals surface area contributed by atoms with Crippen molar-refractivity contribution in [3.63, 3.8) is 0 Å². The van der Waals surface area contributed by atoms with Crippen LogP contribution < -0.4 is 29.7 Å². The maximum absolute atomic E-state index is 5.41. The van der Waals surface area contributed by atoms with Crippen LogP contribution in [0.3, 0.4) is 0 Å². The van der Waals surface area contributed by atoms with Gasteiger partial charge in [-0.15, -0.1) is 24.0 Å². The first-order chi connectivity index (χ1) is 15.1. The van der Waals surface area contributed by atoms with Gasteiger partial charge in [0, 0.05) is 56.6 Å². The molecule has 1 fully saturated rings. The van der Waals surface area contributed by atoms with E-state index in [2.05, 4.69) is 44.8 Å². The van der Waals surface area contributed by atoms with Gasteiger partial charge in [0.1, 0.15) is 17.2 Å². The van der Waals surface area contributed by atoms with Crippen molar-refractivity contribution in [1.82, 2.24) is 10.6 Å². The monoisotopic (exact) mass is 554 g/mol. The molecule has 0 radical (unpaired) electrons. The molecule has 8 heteroatoms. The summed E-state index contributed by atoms with van der Waals surface area (Å²) in [4.78, 5) is 6.77. The summed E-state index contributed by atoms with van der Waals surface area (Å²) in [6.45, 7) is 2.75. The molecule has 0 spiro atoms. The number of anilines is 1. The van der Waals surface area contributed by atoms with E-state index < -0.39 is 0 Å². The topological polar surface area (TPSA) is 67.4 Å². The Bertz CT molecular complexity index is 848. The van der Waals surface area contributed by atoms with Gasteiger partial charge in [0.2, 0.25) is 0 Å². The number of ether oxygens (including phenoxy) is 3. The quantitative estimate of drug-likeness (QED) is 0.295. The fourth-order valence-electron chi connectivity index (χ4n) is 3.80. The van der Waals surface area contributed by atoms with Gasteiger partial charge in [0.15, 0.2) is 5.96 Å². The van der Waals surface area contributed by atoms with Gasteiger partial charge < -0.3 is 29.7 Å². The van der Waals surface area contributed by atoms with Gasteiger partial charge in [-0.3, -0.25) is 4.99 Å². The van der Waals surface area contributed by atoms with E-state index in [9.17, 15) is 0 Å². The lowest BCUT2D eigenvalue weighted by Gasteiger charge is -2.34. The van der Waals surface area contributed by atoms with Crippen LogP contribution in [0, 0.1) is 0 Å². The average Bonchev–Trinajstić information content (AvgIpc) is 2.83. The fourth-order valence-corrected chi connectivity index (χ4v) is 3.80. The highest BCUT2D eigenvalue weighted by atomic mass is 127. The zero-order chi connectivity index (χ0) is 22.1. The molecular formula is C24H35IN4O3. The molecule has 0 amide bonds. The van der Waals surface area contributed by atoms with Gasteiger partial charge >= 0.3 is 0 Å². The summed E-state index contributed by atoms with van der Waals surface area (Å²) in [6.07, 6.45) is 2.99. The predicted octanol–water partition coefficient (Wildman–Crippen LogP) is 3.71. The Morgan fingerprint density at radius 1 is 0.969 bits per heavy atom. The summed E-state index contributed by atoms with van der Waals surface area (Å²) in [5.41, 5.74) is 2.37. The number of guanidine groups is 1. The van der Waals surface area contributed by atoms with Crippen molar-refractivity contribution in [3.8, 4) is 17.2 Å². The van der Waals surface area contributed by atoms with Crippen LogP contribution >= 0.6 is 24.0 Å². The molecule has 0 saturated carbocycles. The summed E-state index contributed by atoms with van der Waals surface area (Å²) < 4.78 is 16.1. The number of halogens is 1. The van der Waals surface area contributed by atoms with Crippen molar-refractivity contribution < 1.29 is 14.2 Å². The first-order valence-corrected chi connectivity index (χ1v) is 10.7. The van der Waals surface area contributed by atoms with Gasteiger partial charge in [0.05, 0.1) is 21.3 Å². The molecule has 0 atom stereocenters. The Hall–Kier alpha value is -2.36. The SMILES string of the molecule is CN=C(NCCc1cccc(OC)c1)NC1CCN(c2cc(OC)cc(OC)c2)CC1.I. The zero-order valence-corrected chi connectivity index (χ0v) is 21.7. The third-order valence-corrected chi connectivity index (χ3v) is 5.60. The highest BCUT2D eigenvalue weighted by molar-refractivity contribution is 14.0. The van der Waals surface area contributed by atoms with Gasteiger partial charge in [-0.2, -0.15) is 0 Å². The van der Waals surface area contributed by atoms with Gasteiger partial charge in [-0.05, 0) is 37.0 Å². The number of hydrogen-bond donors (Lipinski definition) is 2. The third kappa shape index (κ3) is 7.36. The second-order valence-electron chi connectivity index (χ2n) is 7.58. The maximum atomic E-state index is 5.41. The van der Waals surface area contributed by atoms with Crippen LogP contribution in [0.25, 0.3) is 0 Å². The largest absolute Gasteiger partial charge is 0.497 e. The minimum Gasteiger partial charge on any atom is -0.497 e. The Morgan fingerprint density at radius 2 is 1.62 bits per heavy atom. The number of nitrogens with zero attached hydrogens (tertiary/aromatic N) is 2. The zero-order valence-electron chi connectivity index (χ0n) is 19.4. The van der Waals surface area contributed by atoms with E-state index >= 15 is 0 Å². The normalized spacial score (nSPS) is 14.4. The fraction of sp³-hybridized carbons (Fsp3) is 0.458. The smallest absolute Gasteiger partial charge is 0.191 e. The highest BCUT2D eigenvalue weighted by Gasteiger charge is 2.21. The van der Waals surface area contributed by atoms with Gasteiger partial charge in [0.25, 0.3) is 0 Å². The standard InChI is InChI=1S/C24H34N4O3.HI/c1-25-24(26-11-8-18-6-5-7-21(14-18)29-2)27-19-9-12-28(13-10-19)20-15-22(30-3)17-23(16-20)31-4;/h5-7,14-17,19H,8-13H2,1-4H3,(H2,25,26,27);1H. The average molecular weight is 554 g/mol. The lowest BCUT2D eigenvalue weighted by Crippen LogP contribution is -2.49. The Morgan fingerprint density at radius 3 is 2.22 bits per heavy atom. The number of rotatable bonds is 8. The highest BCUT2D eigenvalue weighted by Crippen LogP contribution is 2.30. The molecule has 2 aromatic carbocycles. The van der Waals surface area contributed by atoms with Crippen molar-refractivity contribution in [2.45, 2.75) is 25.3 Å². The lowest BCUT2D eigenvalue weighted by molar-refractivity contribution is 0.393. The van der Waals surface area contributed by atoms with Crippen LogP contribution in [-0.4, -0.2) is 60.0 Å². The van der Waals surface area contributed by atoms with Gasteiger partial charge in [-0.1, -0.05) is 12.1 Å². The number of piperidine rings is 1. The minimum atomic E-state index is 0. The van der Waals surface area contributed by atoms with E-state index in [4.69, 9.17) is 14.2 Å². The first kappa shape index (κ1) is 25.9. The van der Waals surface area contributed by atoms with E-state index in [1.165, 1.54) is 5.56 Å². The summed E-state index contributed by atoms with van der Waals surface area (Å²) in [6, 6.07) is 14.6. The summed E-state index contributed by atoms with van der Waals surface area (Å²) >= 11 is 0. The van der Waals surface area contributed by atoms with E-state index in [0.717, 1.165) is 67.8 Å². The first-order valence-electron chi connectivity index (χ1n) is 10.7. The molecule has 2 aromatic rings. The number of nitrogens with one attached hydrogen (secondary N) is 2. The molecule has 0 unspecified atom stereocenters. The molecule has 0 aliphatic carbocycles. The number of aliphatic imine (C=N–C) groups is 1. The number of methoxy groups -OCH3 is 3. The molecule has 176 valence electrons. The molecule has 0 aromatic heterocycles. The molecule has 2 N–H and O–H groups in total. The summed E-state index contributed by atoms with van der Waals surface area (Å²) in [7, 11) is 6.88. The molecule has 1 heterocycles. The van der Waals surface area contributed by atoms with Crippen molar-refractivity contribution in [2.24, 2.45) is 4.99 Å². The van der Waals surface area contributed by atoms with Crippen molar-refractivity contribution in [2.75, 3.05) is 52.9 Å². The molecule has 7 nitrogen and oxygen atoms in total. The second-order valence-corrected chi connectivity index (χ2v) is 7.58. The van der Waals surface area contributed by atoms with Crippen LogP contribution in [-0.2, 0) is 6.42 Å². The van der Waals surface area contributed by atoms with Crippen LogP contribution in [0.4, 0.5) is 5.69 Å². The lowest BCUT2D eigenvalue weighted by atomic mass is 10.0. The summed E-state index contributed by atoms with van der Waals surface area (Å²) in [5.74, 6) is 3.37. The van der Waals surface area contributed by atoms with Crippen LogP contribution in [0.15, 0.2) is 47.5 Å². The molecule has 3 rings (SSSR count). The van der Waals surface area contributed by atoms with E-state index in [1.54, 1.807) is 21.3 Å². The van der Waals surface area contributed by atoms with E-state index in [1.807, 2.05) is 25.2 Å². The van der Waals surface area contributed by atoms with E-state index in [0.29, 0.717) is 6.04 Å². The van der Waals surface area contributed by atoms with Crippen LogP contribution in [0.5, 0.6) is 17.2 Å². The Balaban J connectivity index is 0.00000363. The number of hydrogen-bond acceptors (Lipinski definition) is 5. The Kier molecular flexibility index (Phi) is 10.7. The van der Waals surface area contributed by atoms with E-state index in [-0.39, 0.29) is 24.0 Å². The molecular weight excluding hydrogens is 519 g/mol. The molecule has 32 heavy (non-hydrogen) atoms. The predicted molar refractivity (Wildman–Crippen MR) is 141 cm³/mol. The van der Waals surface area contributed by atoms with Crippen molar-refractivity contribution in [3.05, 3.63) is 48.0 Å². The van der Waals surface area contributed by atoms with Crippen LogP contribution in [0.1, 0.15) is 18.4 Å². The Labute approximate surface area is 208 Å². The molecule has 1 aliphatic rings. The van der Waals surface area contributed by atoms with Gasteiger partial charge in [-0.25, -0.2) is 0 Å². The van der Waals surface area contributed by atoms with Crippen molar-refractivity contribution in [1.29, 1.82) is 0 Å². The maximum Gasteiger partial charge on any atom is 0.191 e.